The summed E-state index contributed by atoms with van der Waals surface area (Å²) in [6.45, 7) is 2.80. The summed E-state index contributed by atoms with van der Waals surface area (Å²) < 4.78 is 11.8. The third kappa shape index (κ3) is 3.78. The largest absolute Gasteiger partial charge is 0.486 e. The van der Waals surface area contributed by atoms with Gasteiger partial charge < -0.3 is 14.8 Å². The van der Waals surface area contributed by atoms with Crippen molar-refractivity contribution < 1.29 is 19.1 Å². The Bertz CT molecular complexity index is 807. The number of amides is 3. The summed E-state index contributed by atoms with van der Waals surface area (Å²) in [6.07, 6.45) is 0. The summed E-state index contributed by atoms with van der Waals surface area (Å²) in [6, 6.07) is 9.91. The molecule has 0 radical (unpaired) electrons. The van der Waals surface area contributed by atoms with Gasteiger partial charge in [-0.25, -0.2) is 4.79 Å². The molecule has 2 aromatic carbocycles. The van der Waals surface area contributed by atoms with Crippen molar-refractivity contribution in [1.82, 2.24) is 5.32 Å². The smallest absolute Gasteiger partial charge is 0.326 e. The molecule has 24 heavy (non-hydrogen) atoms. The molecule has 0 saturated carbocycles. The van der Waals surface area contributed by atoms with Crippen LogP contribution in [0.4, 0.5) is 10.5 Å². The Morgan fingerprint density at radius 2 is 1.79 bits per heavy atom. The Balaban J connectivity index is 1.68. The van der Waals surface area contributed by atoms with Gasteiger partial charge in [-0.3, -0.25) is 10.1 Å². The first kappa shape index (κ1) is 16.6. The number of nitrogens with one attached hydrogen (secondary N) is 2. The normalized spacial score (nSPS) is 12.4. The maximum absolute atomic E-state index is 12.2. The number of benzene rings is 2. The van der Waals surface area contributed by atoms with E-state index < -0.39 is 11.9 Å². The fourth-order valence-electron chi connectivity index (χ4n) is 2.24. The zero-order chi connectivity index (χ0) is 17.1. The fourth-order valence-corrected chi connectivity index (χ4v) is 2.73. The van der Waals surface area contributed by atoms with Gasteiger partial charge >= 0.3 is 6.03 Å². The lowest BCUT2D eigenvalue weighted by Gasteiger charge is -2.18. The second-order valence-corrected chi connectivity index (χ2v) is 6.47. The minimum Gasteiger partial charge on any atom is -0.486 e. The number of anilines is 1. The molecular weight excluding hydrogens is 423 g/mol. The van der Waals surface area contributed by atoms with Crippen LogP contribution < -0.4 is 20.1 Å². The van der Waals surface area contributed by atoms with Crippen LogP contribution in [-0.2, 0) is 0 Å². The van der Waals surface area contributed by atoms with E-state index in [1.807, 2.05) is 25.1 Å². The fraction of sp³-hybridized carbons (Fsp3) is 0.176. The monoisotopic (exact) mass is 438 g/mol. The van der Waals surface area contributed by atoms with E-state index in [4.69, 9.17) is 9.47 Å². The van der Waals surface area contributed by atoms with E-state index in [9.17, 15) is 9.59 Å². The highest BCUT2D eigenvalue weighted by Gasteiger charge is 2.16. The number of fused-ring (bicyclic) bond motifs is 1. The molecule has 0 bridgehead atoms. The Kier molecular flexibility index (Phi) is 4.89. The van der Waals surface area contributed by atoms with E-state index in [0.717, 1.165) is 9.13 Å². The van der Waals surface area contributed by atoms with Crippen LogP contribution in [0.15, 0.2) is 36.4 Å². The van der Waals surface area contributed by atoms with Crippen molar-refractivity contribution in [1.29, 1.82) is 0 Å². The van der Waals surface area contributed by atoms with E-state index in [2.05, 4.69) is 33.2 Å². The molecular formula is C17H15IN2O4. The van der Waals surface area contributed by atoms with Gasteiger partial charge in [-0.05, 0) is 65.4 Å². The van der Waals surface area contributed by atoms with Crippen LogP contribution in [0.3, 0.4) is 0 Å². The number of aryl methyl sites for hydroxylation is 1. The molecule has 2 aromatic rings. The molecule has 1 aliphatic heterocycles. The van der Waals surface area contributed by atoms with Gasteiger partial charge in [-0.2, -0.15) is 0 Å². The third-order valence-electron chi connectivity index (χ3n) is 3.48. The Morgan fingerprint density at radius 1 is 1.04 bits per heavy atom. The SMILES string of the molecule is Cc1ccc(I)cc1NC(=O)NC(=O)c1ccc2c(c1)OCCO2. The lowest BCUT2D eigenvalue weighted by molar-refractivity contribution is 0.0966. The summed E-state index contributed by atoms with van der Waals surface area (Å²) in [5.41, 5.74) is 1.90. The molecule has 2 N–H and O–H groups in total. The second-order valence-electron chi connectivity index (χ2n) is 5.23. The molecule has 3 amide bonds. The third-order valence-corrected chi connectivity index (χ3v) is 4.15. The standard InChI is InChI=1S/C17H15IN2O4/c1-10-2-4-12(18)9-13(10)19-17(22)20-16(21)11-3-5-14-15(8-11)24-7-6-23-14/h2-5,8-9H,6-7H2,1H3,(H2,19,20,21,22). The first-order valence-electron chi connectivity index (χ1n) is 7.31. The number of urea groups is 1. The van der Waals surface area contributed by atoms with Crippen molar-refractivity contribution in [2.24, 2.45) is 0 Å². The van der Waals surface area contributed by atoms with E-state index in [1.165, 1.54) is 0 Å². The van der Waals surface area contributed by atoms with Crippen LogP contribution in [0.2, 0.25) is 0 Å². The maximum Gasteiger partial charge on any atom is 0.326 e. The van der Waals surface area contributed by atoms with Gasteiger partial charge in [0.25, 0.3) is 5.91 Å². The Morgan fingerprint density at radius 3 is 2.58 bits per heavy atom. The second kappa shape index (κ2) is 7.08. The molecule has 0 fully saturated rings. The topological polar surface area (TPSA) is 76.7 Å². The quantitative estimate of drug-likeness (QED) is 0.706. The lowest BCUT2D eigenvalue weighted by atomic mass is 10.2. The first-order chi connectivity index (χ1) is 11.5. The van der Waals surface area contributed by atoms with Gasteiger partial charge in [0.1, 0.15) is 13.2 Å². The molecule has 124 valence electrons. The van der Waals surface area contributed by atoms with Crippen molar-refractivity contribution in [3.05, 3.63) is 51.1 Å². The molecule has 0 saturated heterocycles. The van der Waals surface area contributed by atoms with Gasteiger partial charge in [-0.1, -0.05) is 6.07 Å². The zero-order valence-electron chi connectivity index (χ0n) is 12.9. The molecule has 0 aliphatic carbocycles. The number of rotatable bonds is 2. The number of imide groups is 1. The lowest BCUT2D eigenvalue weighted by Crippen LogP contribution is -2.34. The van der Waals surface area contributed by atoms with E-state index in [1.54, 1.807) is 18.2 Å². The van der Waals surface area contributed by atoms with E-state index in [0.29, 0.717) is 36.0 Å². The minimum absolute atomic E-state index is 0.328. The van der Waals surface area contributed by atoms with Crippen molar-refractivity contribution in [3.8, 4) is 11.5 Å². The molecule has 0 aromatic heterocycles. The predicted octanol–water partition coefficient (Wildman–Crippen LogP) is 3.33. The van der Waals surface area contributed by atoms with Crippen LogP contribution >= 0.6 is 22.6 Å². The van der Waals surface area contributed by atoms with E-state index >= 15 is 0 Å². The summed E-state index contributed by atoms with van der Waals surface area (Å²) in [5, 5.41) is 4.99. The molecule has 0 atom stereocenters. The molecule has 6 nitrogen and oxygen atoms in total. The molecule has 0 spiro atoms. The Hall–Kier alpha value is -2.29. The molecule has 1 aliphatic rings. The number of carbonyl (C=O) groups excluding carboxylic acids is 2. The van der Waals surface area contributed by atoms with Gasteiger partial charge in [0.2, 0.25) is 0 Å². The highest BCUT2D eigenvalue weighted by molar-refractivity contribution is 14.1. The predicted molar refractivity (Wildman–Crippen MR) is 97.8 cm³/mol. The summed E-state index contributed by atoms with van der Waals surface area (Å²) >= 11 is 2.16. The number of hydrogen-bond acceptors (Lipinski definition) is 4. The summed E-state index contributed by atoms with van der Waals surface area (Å²) in [7, 11) is 0. The van der Waals surface area contributed by atoms with Crippen molar-refractivity contribution in [2.45, 2.75) is 6.92 Å². The van der Waals surface area contributed by atoms with Gasteiger partial charge in [0.05, 0.1) is 0 Å². The van der Waals surface area contributed by atoms with Crippen LogP contribution in [-0.4, -0.2) is 25.2 Å². The zero-order valence-corrected chi connectivity index (χ0v) is 15.0. The first-order valence-corrected chi connectivity index (χ1v) is 8.39. The Labute approximate surface area is 152 Å². The van der Waals surface area contributed by atoms with Crippen LogP contribution in [0, 0.1) is 10.5 Å². The average Bonchev–Trinajstić information content (AvgIpc) is 2.57. The molecule has 7 heteroatoms. The highest BCUT2D eigenvalue weighted by Crippen LogP contribution is 2.30. The number of ether oxygens (including phenoxy) is 2. The number of carbonyl (C=O) groups is 2. The maximum atomic E-state index is 12.2. The van der Waals surface area contributed by atoms with Crippen molar-refractivity contribution >= 4 is 40.2 Å². The number of halogens is 1. The number of hydrogen-bond donors (Lipinski definition) is 2. The highest BCUT2D eigenvalue weighted by atomic mass is 127. The van der Waals surface area contributed by atoms with Gasteiger partial charge in [0, 0.05) is 14.8 Å². The molecule has 3 rings (SSSR count). The molecule has 0 unspecified atom stereocenters. The van der Waals surface area contributed by atoms with E-state index in [-0.39, 0.29) is 0 Å². The molecule has 1 heterocycles. The van der Waals surface area contributed by atoms with Gasteiger partial charge in [0.15, 0.2) is 11.5 Å². The summed E-state index contributed by atoms with van der Waals surface area (Å²) in [4.78, 5) is 24.3. The minimum atomic E-state index is -0.583. The van der Waals surface area contributed by atoms with Crippen LogP contribution in [0.5, 0.6) is 11.5 Å². The average molecular weight is 438 g/mol. The van der Waals surface area contributed by atoms with Crippen LogP contribution in [0.25, 0.3) is 0 Å². The van der Waals surface area contributed by atoms with Gasteiger partial charge in [-0.15, -0.1) is 0 Å². The van der Waals surface area contributed by atoms with Crippen molar-refractivity contribution in [3.63, 3.8) is 0 Å². The van der Waals surface area contributed by atoms with Crippen LogP contribution in [0.1, 0.15) is 15.9 Å². The van der Waals surface area contributed by atoms with Crippen molar-refractivity contribution in [2.75, 3.05) is 18.5 Å². The summed E-state index contributed by atoms with van der Waals surface area (Å²) in [5.74, 6) is 0.590.